The average Bonchev–Trinajstić information content (AvgIpc) is 3.10. The Morgan fingerprint density at radius 1 is 1.14 bits per heavy atom. The van der Waals surface area contributed by atoms with Gasteiger partial charge in [-0.25, -0.2) is 0 Å². The van der Waals surface area contributed by atoms with Gasteiger partial charge in [0.1, 0.15) is 0 Å². The summed E-state index contributed by atoms with van der Waals surface area (Å²) in [5.74, 6) is 0.275. The highest BCUT2D eigenvalue weighted by molar-refractivity contribution is 5.78. The van der Waals surface area contributed by atoms with E-state index in [4.69, 9.17) is 0 Å². The van der Waals surface area contributed by atoms with Crippen LogP contribution in [0.5, 0.6) is 0 Å². The summed E-state index contributed by atoms with van der Waals surface area (Å²) in [7, 11) is 0. The summed E-state index contributed by atoms with van der Waals surface area (Å²) in [6.07, 6.45) is 4.04. The molecule has 2 saturated heterocycles. The van der Waals surface area contributed by atoms with Gasteiger partial charge in [-0.1, -0.05) is 0 Å². The van der Waals surface area contributed by atoms with Crippen LogP contribution >= 0.6 is 0 Å². The van der Waals surface area contributed by atoms with Gasteiger partial charge in [-0.15, -0.1) is 0 Å². The maximum Gasteiger partial charge on any atom is 0.236 e. The van der Waals surface area contributed by atoms with Crippen molar-refractivity contribution in [2.75, 3.05) is 50.7 Å². The van der Waals surface area contributed by atoms with Crippen molar-refractivity contribution in [2.45, 2.75) is 19.4 Å². The van der Waals surface area contributed by atoms with Crippen LogP contribution in [0.25, 0.3) is 0 Å². The number of aliphatic hydroxyl groups is 1. The smallest absolute Gasteiger partial charge is 0.236 e. The maximum atomic E-state index is 12.2. The minimum atomic E-state index is -0.0296. The van der Waals surface area contributed by atoms with Crippen LogP contribution in [-0.4, -0.2) is 71.6 Å². The van der Waals surface area contributed by atoms with Crippen LogP contribution in [0.4, 0.5) is 5.69 Å². The first-order valence-electron chi connectivity index (χ1n) is 8.07. The van der Waals surface area contributed by atoms with E-state index in [2.05, 4.69) is 14.8 Å². The largest absolute Gasteiger partial charge is 0.390 e. The zero-order chi connectivity index (χ0) is 15.4. The first-order chi connectivity index (χ1) is 10.8. The van der Waals surface area contributed by atoms with Crippen molar-refractivity contribution in [1.82, 2.24) is 14.8 Å². The van der Waals surface area contributed by atoms with Gasteiger partial charge in [0.2, 0.25) is 5.91 Å². The number of piperazine rings is 1. The van der Waals surface area contributed by atoms with Gasteiger partial charge in [0, 0.05) is 51.2 Å². The van der Waals surface area contributed by atoms with E-state index < -0.39 is 0 Å². The average molecular weight is 304 g/mol. The van der Waals surface area contributed by atoms with Crippen LogP contribution in [0, 0.1) is 0 Å². The molecule has 2 aliphatic rings. The summed E-state index contributed by atoms with van der Waals surface area (Å²) < 4.78 is 0. The van der Waals surface area contributed by atoms with Crippen molar-refractivity contribution in [2.24, 2.45) is 0 Å². The van der Waals surface area contributed by atoms with Crippen molar-refractivity contribution < 1.29 is 9.90 Å². The molecular weight excluding hydrogens is 280 g/mol. The number of carbonyl (C=O) groups excluding carboxylic acids is 1. The lowest BCUT2D eigenvalue weighted by atomic mass is 10.2. The van der Waals surface area contributed by atoms with Gasteiger partial charge < -0.3 is 14.9 Å². The molecule has 120 valence electrons. The molecule has 1 aromatic rings. The first kappa shape index (κ1) is 15.2. The summed E-state index contributed by atoms with van der Waals surface area (Å²) in [4.78, 5) is 22.8. The van der Waals surface area contributed by atoms with Gasteiger partial charge in [0.25, 0.3) is 0 Å². The van der Waals surface area contributed by atoms with Gasteiger partial charge in [-0.05, 0) is 25.0 Å². The van der Waals surface area contributed by atoms with Gasteiger partial charge in [-0.3, -0.25) is 14.7 Å². The molecule has 0 atom stereocenters. The number of anilines is 1. The second kappa shape index (κ2) is 7.07. The quantitative estimate of drug-likeness (QED) is 0.868. The molecule has 0 unspecified atom stereocenters. The van der Waals surface area contributed by atoms with E-state index in [0.717, 1.165) is 57.8 Å². The number of carbonyl (C=O) groups is 1. The number of amides is 1. The van der Waals surface area contributed by atoms with E-state index in [0.29, 0.717) is 12.2 Å². The van der Waals surface area contributed by atoms with Gasteiger partial charge in [0.05, 0.1) is 18.8 Å². The van der Waals surface area contributed by atoms with Gasteiger partial charge in [-0.2, -0.15) is 0 Å². The molecule has 0 saturated carbocycles. The van der Waals surface area contributed by atoms with Crippen LogP contribution in [0.1, 0.15) is 18.5 Å². The second-order valence-electron chi connectivity index (χ2n) is 6.01. The molecule has 3 rings (SSSR count). The maximum absolute atomic E-state index is 12.2. The molecule has 0 aliphatic carbocycles. The number of nitrogens with zero attached hydrogens (tertiary/aromatic N) is 4. The zero-order valence-electron chi connectivity index (χ0n) is 12.9. The molecule has 6 heteroatoms. The Morgan fingerprint density at radius 3 is 2.55 bits per heavy atom. The van der Waals surface area contributed by atoms with E-state index in [1.165, 1.54) is 0 Å². The fourth-order valence-corrected chi connectivity index (χ4v) is 3.17. The summed E-state index contributed by atoms with van der Waals surface area (Å²) in [5, 5.41) is 9.17. The molecule has 22 heavy (non-hydrogen) atoms. The van der Waals surface area contributed by atoms with Crippen molar-refractivity contribution in [3.8, 4) is 0 Å². The Balaban J connectivity index is 1.50. The molecule has 0 bridgehead atoms. The number of aliphatic hydroxyl groups excluding tert-OH is 1. The molecule has 1 amide bonds. The Bertz CT molecular complexity index is 509. The second-order valence-corrected chi connectivity index (χ2v) is 6.01. The summed E-state index contributed by atoms with van der Waals surface area (Å²) >= 11 is 0. The molecule has 1 aromatic heterocycles. The Labute approximate surface area is 131 Å². The summed E-state index contributed by atoms with van der Waals surface area (Å²) in [6, 6.07) is 3.91. The number of hydrogen-bond acceptors (Lipinski definition) is 5. The first-order valence-corrected chi connectivity index (χ1v) is 8.07. The van der Waals surface area contributed by atoms with Crippen molar-refractivity contribution in [3.63, 3.8) is 0 Å². The molecule has 0 radical (unpaired) electrons. The highest BCUT2D eigenvalue weighted by atomic mass is 16.3. The van der Waals surface area contributed by atoms with E-state index in [1.54, 1.807) is 6.20 Å². The van der Waals surface area contributed by atoms with Crippen LogP contribution in [0.3, 0.4) is 0 Å². The normalized spacial score (nSPS) is 19.7. The Hall–Kier alpha value is -1.66. The molecule has 3 heterocycles. The Morgan fingerprint density at radius 2 is 1.86 bits per heavy atom. The highest BCUT2D eigenvalue weighted by Crippen LogP contribution is 2.17. The molecule has 0 spiro atoms. The summed E-state index contributed by atoms with van der Waals surface area (Å²) in [5.41, 5.74) is 1.80. The predicted molar refractivity (Wildman–Crippen MR) is 84.6 cm³/mol. The van der Waals surface area contributed by atoms with Crippen LogP contribution < -0.4 is 4.90 Å². The van der Waals surface area contributed by atoms with Crippen molar-refractivity contribution >= 4 is 11.6 Å². The number of aromatic nitrogens is 1. The number of likely N-dealkylation sites (tertiary alicyclic amines) is 1. The van der Waals surface area contributed by atoms with Crippen LogP contribution in [0.15, 0.2) is 18.3 Å². The van der Waals surface area contributed by atoms with Crippen molar-refractivity contribution in [1.29, 1.82) is 0 Å². The topological polar surface area (TPSA) is 59.9 Å². The molecule has 0 aromatic carbocycles. The number of hydrogen-bond donors (Lipinski definition) is 1. The SMILES string of the molecule is O=C(CN1CCN(c2ccnc(CO)c2)CC1)N1CCCC1. The summed E-state index contributed by atoms with van der Waals surface area (Å²) in [6.45, 7) is 5.99. The monoisotopic (exact) mass is 304 g/mol. The van der Waals surface area contributed by atoms with E-state index in [9.17, 15) is 9.90 Å². The lowest BCUT2D eigenvalue weighted by Crippen LogP contribution is -2.49. The van der Waals surface area contributed by atoms with Gasteiger partial charge in [0.15, 0.2) is 0 Å². The highest BCUT2D eigenvalue weighted by Gasteiger charge is 2.23. The molecular formula is C16H24N4O2. The van der Waals surface area contributed by atoms with Crippen molar-refractivity contribution in [3.05, 3.63) is 24.0 Å². The van der Waals surface area contributed by atoms with Crippen LogP contribution in [-0.2, 0) is 11.4 Å². The lowest BCUT2D eigenvalue weighted by Gasteiger charge is -2.36. The molecule has 2 fully saturated rings. The third-order valence-electron chi connectivity index (χ3n) is 4.52. The standard InChI is InChI=1S/C16H24N4O2/c21-13-14-11-15(3-4-17-14)19-9-7-18(8-10-19)12-16(22)20-5-1-2-6-20/h3-4,11,21H,1-2,5-10,12-13H2. The minimum Gasteiger partial charge on any atom is -0.390 e. The predicted octanol–water partition coefficient (Wildman–Crippen LogP) is 0.318. The van der Waals surface area contributed by atoms with Gasteiger partial charge >= 0.3 is 0 Å². The number of rotatable bonds is 4. The zero-order valence-corrected chi connectivity index (χ0v) is 12.9. The van der Waals surface area contributed by atoms with E-state index in [-0.39, 0.29) is 12.5 Å². The Kier molecular flexibility index (Phi) is 4.90. The third kappa shape index (κ3) is 3.56. The molecule has 6 nitrogen and oxygen atoms in total. The number of pyridine rings is 1. The van der Waals surface area contributed by atoms with E-state index >= 15 is 0 Å². The molecule has 1 N–H and O–H groups in total. The van der Waals surface area contributed by atoms with Crippen LogP contribution in [0.2, 0.25) is 0 Å². The van der Waals surface area contributed by atoms with E-state index in [1.807, 2.05) is 17.0 Å². The lowest BCUT2D eigenvalue weighted by molar-refractivity contribution is -0.131. The fourth-order valence-electron chi connectivity index (χ4n) is 3.17. The third-order valence-corrected chi connectivity index (χ3v) is 4.52. The minimum absolute atomic E-state index is 0.0296. The molecule has 2 aliphatic heterocycles. The fraction of sp³-hybridized carbons (Fsp3) is 0.625.